The molecule has 106 valence electrons. The first-order valence-corrected chi connectivity index (χ1v) is 6.10. The van der Waals surface area contributed by atoms with Gasteiger partial charge in [0.2, 0.25) is 11.8 Å². The number of rotatable bonds is 2. The second-order valence-corrected chi connectivity index (χ2v) is 5.49. The average Bonchev–Trinajstić information content (AvgIpc) is 2.26. The van der Waals surface area contributed by atoms with Crippen LogP contribution in [0.4, 0.5) is 0 Å². The third-order valence-corrected chi connectivity index (χ3v) is 2.92. The van der Waals surface area contributed by atoms with Crippen LogP contribution in [0, 0.1) is 5.92 Å². The minimum atomic E-state index is -0.829. The van der Waals surface area contributed by atoms with Gasteiger partial charge in [0.15, 0.2) is 0 Å². The van der Waals surface area contributed by atoms with Gasteiger partial charge in [-0.15, -0.1) is 12.4 Å². The van der Waals surface area contributed by atoms with Crippen LogP contribution < -0.4 is 5.73 Å². The summed E-state index contributed by atoms with van der Waals surface area (Å²) < 4.78 is 0. The zero-order valence-electron chi connectivity index (χ0n) is 11.6. The Morgan fingerprint density at radius 1 is 1.06 bits per heavy atom. The molecule has 2 amide bonds. The van der Waals surface area contributed by atoms with Crippen LogP contribution in [0.3, 0.4) is 0 Å². The zero-order chi connectivity index (χ0) is 13.2. The minimum Gasteiger partial charge on any atom is -0.339 e. The van der Waals surface area contributed by atoms with Crippen molar-refractivity contribution in [2.45, 2.75) is 33.2 Å². The van der Waals surface area contributed by atoms with Gasteiger partial charge in [0, 0.05) is 32.1 Å². The third-order valence-electron chi connectivity index (χ3n) is 2.92. The molecule has 0 saturated carbocycles. The van der Waals surface area contributed by atoms with E-state index in [4.69, 9.17) is 5.73 Å². The quantitative estimate of drug-likeness (QED) is 0.798. The van der Waals surface area contributed by atoms with Crippen molar-refractivity contribution in [1.82, 2.24) is 9.80 Å². The average molecular weight is 278 g/mol. The van der Waals surface area contributed by atoms with Crippen molar-refractivity contribution in [2.24, 2.45) is 11.7 Å². The second kappa shape index (κ2) is 6.38. The molecule has 18 heavy (non-hydrogen) atoms. The molecule has 1 fully saturated rings. The largest absolute Gasteiger partial charge is 0.339 e. The molecule has 0 aromatic rings. The number of carbonyl (C=O) groups excluding carboxylic acids is 2. The maximum Gasteiger partial charge on any atom is 0.242 e. The molecule has 1 rings (SSSR count). The first-order chi connectivity index (χ1) is 7.73. The maximum absolute atomic E-state index is 11.9. The van der Waals surface area contributed by atoms with E-state index in [0.717, 1.165) is 0 Å². The minimum absolute atomic E-state index is 0. The summed E-state index contributed by atoms with van der Waals surface area (Å²) in [4.78, 5) is 27.3. The Morgan fingerprint density at radius 2 is 1.44 bits per heavy atom. The first-order valence-electron chi connectivity index (χ1n) is 6.10. The molecule has 0 aromatic heterocycles. The van der Waals surface area contributed by atoms with Gasteiger partial charge in [-0.25, -0.2) is 0 Å². The number of piperazine rings is 1. The molecule has 1 saturated heterocycles. The van der Waals surface area contributed by atoms with Gasteiger partial charge < -0.3 is 15.5 Å². The van der Waals surface area contributed by atoms with Crippen molar-refractivity contribution in [3.63, 3.8) is 0 Å². The summed E-state index contributed by atoms with van der Waals surface area (Å²) in [5, 5.41) is 0. The number of hydrogen-bond donors (Lipinski definition) is 1. The van der Waals surface area contributed by atoms with Gasteiger partial charge in [0.1, 0.15) is 0 Å². The van der Waals surface area contributed by atoms with E-state index in [0.29, 0.717) is 26.2 Å². The second-order valence-electron chi connectivity index (χ2n) is 5.49. The van der Waals surface area contributed by atoms with E-state index in [-0.39, 0.29) is 30.1 Å². The summed E-state index contributed by atoms with van der Waals surface area (Å²) in [6, 6.07) is 0. The van der Waals surface area contributed by atoms with Crippen LogP contribution in [0.15, 0.2) is 0 Å². The summed E-state index contributed by atoms with van der Waals surface area (Å²) in [5.74, 6) is 0.126. The van der Waals surface area contributed by atoms with E-state index in [2.05, 4.69) is 0 Å². The van der Waals surface area contributed by atoms with E-state index in [1.165, 1.54) is 0 Å². The van der Waals surface area contributed by atoms with Gasteiger partial charge in [0.25, 0.3) is 0 Å². The maximum atomic E-state index is 11.9. The number of hydrogen-bond acceptors (Lipinski definition) is 3. The molecule has 2 N–H and O–H groups in total. The Hall–Kier alpha value is -0.810. The molecule has 0 bridgehead atoms. The molecule has 0 radical (unpaired) electrons. The molecule has 5 nitrogen and oxygen atoms in total. The van der Waals surface area contributed by atoms with Crippen molar-refractivity contribution < 1.29 is 9.59 Å². The van der Waals surface area contributed by atoms with Gasteiger partial charge in [-0.3, -0.25) is 9.59 Å². The fourth-order valence-corrected chi connectivity index (χ4v) is 1.90. The van der Waals surface area contributed by atoms with Gasteiger partial charge in [-0.2, -0.15) is 0 Å². The van der Waals surface area contributed by atoms with Gasteiger partial charge in [0.05, 0.1) is 5.54 Å². The number of amides is 2. The van der Waals surface area contributed by atoms with E-state index < -0.39 is 5.54 Å². The summed E-state index contributed by atoms with van der Waals surface area (Å²) in [7, 11) is 0. The van der Waals surface area contributed by atoms with Crippen LogP contribution in [0.2, 0.25) is 0 Å². The zero-order valence-corrected chi connectivity index (χ0v) is 12.4. The first kappa shape index (κ1) is 17.2. The smallest absolute Gasteiger partial charge is 0.242 e. The van der Waals surface area contributed by atoms with Crippen LogP contribution in [0.25, 0.3) is 0 Å². The normalized spacial score (nSPS) is 16.6. The Kier molecular flexibility index (Phi) is 6.10. The fourth-order valence-electron chi connectivity index (χ4n) is 1.90. The van der Waals surface area contributed by atoms with Crippen LogP contribution in [0.5, 0.6) is 0 Å². The number of halogens is 1. The molecule has 0 aromatic carbocycles. The molecule has 1 heterocycles. The highest BCUT2D eigenvalue weighted by Crippen LogP contribution is 2.10. The van der Waals surface area contributed by atoms with Crippen molar-refractivity contribution in [1.29, 1.82) is 0 Å². The molecule has 1 aliphatic rings. The molecular weight excluding hydrogens is 254 g/mol. The molecule has 1 aliphatic heterocycles. The monoisotopic (exact) mass is 277 g/mol. The Bertz CT molecular complexity index is 305. The van der Waals surface area contributed by atoms with Crippen LogP contribution in [-0.4, -0.2) is 53.3 Å². The van der Waals surface area contributed by atoms with Crippen molar-refractivity contribution in [2.75, 3.05) is 26.2 Å². The van der Waals surface area contributed by atoms with E-state index in [9.17, 15) is 9.59 Å². The Balaban J connectivity index is 0.00000289. The van der Waals surface area contributed by atoms with Crippen LogP contribution in [-0.2, 0) is 9.59 Å². The lowest BCUT2D eigenvalue weighted by atomic mass is 10.0. The predicted molar refractivity (Wildman–Crippen MR) is 73.5 cm³/mol. The highest BCUT2D eigenvalue weighted by molar-refractivity contribution is 5.86. The summed E-state index contributed by atoms with van der Waals surface area (Å²) >= 11 is 0. The molecule has 0 aliphatic carbocycles. The topological polar surface area (TPSA) is 66.6 Å². The summed E-state index contributed by atoms with van der Waals surface area (Å²) in [5.41, 5.74) is 4.95. The van der Waals surface area contributed by atoms with E-state index in [1.807, 2.05) is 18.7 Å². The van der Waals surface area contributed by atoms with Crippen LogP contribution in [0.1, 0.15) is 27.7 Å². The molecule has 0 atom stereocenters. The van der Waals surface area contributed by atoms with Gasteiger partial charge in [-0.05, 0) is 13.8 Å². The summed E-state index contributed by atoms with van der Waals surface area (Å²) in [6.07, 6.45) is 0. The highest BCUT2D eigenvalue weighted by atomic mass is 35.5. The number of nitrogens with zero attached hydrogens (tertiary/aromatic N) is 2. The van der Waals surface area contributed by atoms with Crippen molar-refractivity contribution >= 4 is 24.2 Å². The molecule has 0 spiro atoms. The molecule has 6 heteroatoms. The lowest BCUT2D eigenvalue weighted by Crippen LogP contribution is -2.58. The van der Waals surface area contributed by atoms with Crippen molar-refractivity contribution in [3.05, 3.63) is 0 Å². The predicted octanol–water partition coefficient (Wildman–Crippen LogP) is 0.472. The van der Waals surface area contributed by atoms with Gasteiger partial charge >= 0.3 is 0 Å². The molecular formula is C12H24ClN3O2. The fraction of sp³-hybridized carbons (Fsp3) is 0.833. The SMILES string of the molecule is CC(C)C(=O)N1CCN(C(=O)C(C)(C)N)CC1.Cl. The summed E-state index contributed by atoms with van der Waals surface area (Å²) in [6.45, 7) is 9.58. The van der Waals surface area contributed by atoms with E-state index >= 15 is 0 Å². The number of carbonyl (C=O) groups is 2. The Morgan fingerprint density at radius 3 is 1.78 bits per heavy atom. The standard InChI is InChI=1S/C12H23N3O2.ClH/c1-9(2)10(16)14-5-7-15(8-6-14)11(17)12(3,4)13;/h9H,5-8,13H2,1-4H3;1H. The van der Waals surface area contributed by atoms with Crippen LogP contribution >= 0.6 is 12.4 Å². The highest BCUT2D eigenvalue weighted by Gasteiger charge is 2.31. The number of nitrogens with two attached hydrogens (primary N) is 1. The lowest BCUT2D eigenvalue weighted by molar-refractivity contribution is -0.143. The van der Waals surface area contributed by atoms with E-state index in [1.54, 1.807) is 18.7 Å². The van der Waals surface area contributed by atoms with Gasteiger partial charge in [-0.1, -0.05) is 13.8 Å². The lowest BCUT2D eigenvalue weighted by Gasteiger charge is -2.38. The van der Waals surface area contributed by atoms with Crippen molar-refractivity contribution in [3.8, 4) is 0 Å². The third kappa shape index (κ3) is 4.14. The molecule has 0 unspecified atom stereocenters. The Labute approximate surface area is 115 Å².